The second kappa shape index (κ2) is 9.67. The molecule has 2 saturated carbocycles. The predicted octanol–water partition coefficient (Wildman–Crippen LogP) is 3.17. The predicted molar refractivity (Wildman–Crippen MR) is 99.1 cm³/mol. The van der Waals surface area contributed by atoms with E-state index in [9.17, 15) is 9.59 Å². The van der Waals surface area contributed by atoms with Crippen molar-refractivity contribution >= 4 is 11.9 Å². The van der Waals surface area contributed by atoms with E-state index in [-0.39, 0.29) is 0 Å². The Bertz CT molecular complexity index is 398. The van der Waals surface area contributed by atoms with Gasteiger partial charge in [0, 0.05) is 12.1 Å². The number of rotatable bonds is 6. The van der Waals surface area contributed by atoms with Crippen molar-refractivity contribution in [3.8, 4) is 0 Å². The van der Waals surface area contributed by atoms with Gasteiger partial charge in [-0.2, -0.15) is 0 Å². The summed E-state index contributed by atoms with van der Waals surface area (Å²) in [4.78, 5) is 24.4. The molecule has 2 unspecified atom stereocenters. The van der Waals surface area contributed by atoms with Gasteiger partial charge in [0.2, 0.25) is 0 Å². The van der Waals surface area contributed by atoms with Gasteiger partial charge in [-0.05, 0) is 77.0 Å². The third kappa shape index (κ3) is 6.70. The molecule has 0 spiro atoms. The normalized spacial score (nSPS) is 32.6. The van der Waals surface area contributed by atoms with Gasteiger partial charge in [0.1, 0.15) is 12.1 Å². The highest BCUT2D eigenvalue weighted by Crippen LogP contribution is 2.24. The number of carbonyl (C=O) groups is 2. The van der Waals surface area contributed by atoms with E-state index in [4.69, 9.17) is 4.74 Å². The molecule has 2 aliphatic rings. The highest BCUT2D eigenvalue weighted by molar-refractivity contribution is 5.90. The van der Waals surface area contributed by atoms with E-state index in [1.165, 1.54) is 25.7 Å². The molecule has 0 heterocycles. The summed E-state index contributed by atoms with van der Waals surface area (Å²) in [5.74, 6) is 0.622. The first-order valence-corrected chi connectivity index (χ1v) is 10.1. The average molecular weight is 353 g/mol. The molecule has 0 radical (unpaired) electrons. The standard InChI is InChI=1S/C20H36N2O3/c1-13-5-9-17(10-6-13)21-15(3)19(23)25-20(24)16(4)22-18-11-7-14(2)8-12-18/h13-18,21-22H,5-12H2,1-4H3. The molecule has 0 aromatic carbocycles. The largest absolute Gasteiger partial charge is 0.391 e. The lowest BCUT2D eigenvalue weighted by atomic mass is 9.87. The molecular formula is C20H36N2O3. The average Bonchev–Trinajstić information content (AvgIpc) is 2.58. The Kier molecular flexibility index (Phi) is 7.88. The Morgan fingerprint density at radius 2 is 1.04 bits per heavy atom. The Hall–Kier alpha value is -0.940. The van der Waals surface area contributed by atoms with Crippen LogP contribution in [-0.2, 0) is 14.3 Å². The minimum atomic E-state index is -0.463. The number of esters is 2. The van der Waals surface area contributed by atoms with Crippen molar-refractivity contribution in [2.24, 2.45) is 11.8 Å². The molecule has 0 aromatic heterocycles. The fourth-order valence-electron chi connectivity index (χ4n) is 3.97. The zero-order valence-corrected chi connectivity index (χ0v) is 16.3. The van der Waals surface area contributed by atoms with Gasteiger partial charge in [0.15, 0.2) is 0 Å². The van der Waals surface area contributed by atoms with Crippen molar-refractivity contribution in [1.82, 2.24) is 10.6 Å². The van der Waals surface area contributed by atoms with Crippen molar-refractivity contribution in [2.45, 2.75) is 103 Å². The lowest BCUT2D eigenvalue weighted by Gasteiger charge is -2.30. The number of ether oxygens (including phenoxy) is 1. The third-order valence-corrected chi connectivity index (χ3v) is 5.91. The molecule has 2 fully saturated rings. The second-order valence-corrected chi connectivity index (χ2v) is 8.43. The second-order valence-electron chi connectivity index (χ2n) is 8.43. The Labute approximate surface area is 152 Å². The summed E-state index contributed by atoms with van der Waals surface area (Å²) in [6.07, 6.45) is 9.13. The van der Waals surface area contributed by atoms with E-state index in [0.717, 1.165) is 37.5 Å². The van der Waals surface area contributed by atoms with Gasteiger partial charge in [-0.25, -0.2) is 9.59 Å². The summed E-state index contributed by atoms with van der Waals surface area (Å²) >= 11 is 0. The van der Waals surface area contributed by atoms with Crippen LogP contribution >= 0.6 is 0 Å². The monoisotopic (exact) mass is 352 g/mol. The van der Waals surface area contributed by atoms with Crippen LogP contribution < -0.4 is 10.6 Å². The smallest absolute Gasteiger partial charge is 0.330 e. The molecule has 5 heteroatoms. The van der Waals surface area contributed by atoms with E-state index in [1.807, 2.05) is 0 Å². The molecule has 5 nitrogen and oxygen atoms in total. The molecule has 0 aliphatic heterocycles. The zero-order chi connectivity index (χ0) is 18.4. The summed E-state index contributed by atoms with van der Waals surface area (Å²) in [7, 11) is 0. The van der Waals surface area contributed by atoms with Crippen LogP contribution in [0.25, 0.3) is 0 Å². The first-order chi connectivity index (χ1) is 11.8. The van der Waals surface area contributed by atoms with Gasteiger partial charge in [0.25, 0.3) is 0 Å². The quantitative estimate of drug-likeness (QED) is 0.568. The lowest BCUT2D eigenvalue weighted by molar-refractivity contribution is -0.162. The van der Waals surface area contributed by atoms with Gasteiger partial charge < -0.3 is 15.4 Å². The van der Waals surface area contributed by atoms with Gasteiger partial charge in [0.05, 0.1) is 0 Å². The first-order valence-electron chi connectivity index (χ1n) is 10.1. The molecule has 0 saturated heterocycles. The molecule has 25 heavy (non-hydrogen) atoms. The molecule has 0 aromatic rings. The van der Waals surface area contributed by atoms with Gasteiger partial charge in [-0.3, -0.25) is 0 Å². The number of hydrogen-bond acceptors (Lipinski definition) is 5. The highest BCUT2D eigenvalue weighted by atomic mass is 16.6. The van der Waals surface area contributed by atoms with E-state index in [2.05, 4.69) is 24.5 Å². The molecule has 2 atom stereocenters. The fraction of sp³-hybridized carbons (Fsp3) is 0.900. The summed E-state index contributed by atoms with van der Waals surface area (Å²) in [5.41, 5.74) is 0. The first kappa shape index (κ1) is 20.4. The Morgan fingerprint density at radius 1 is 0.720 bits per heavy atom. The molecular weight excluding hydrogens is 316 g/mol. The molecule has 144 valence electrons. The van der Waals surface area contributed by atoms with E-state index < -0.39 is 24.0 Å². The molecule has 2 rings (SSSR count). The van der Waals surface area contributed by atoms with Crippen molar-refractivity contribution in [2.75, 3.05) is 0 Å². The van der Waals surface area contributed by atoms with E-state index in [1.54, 1.807) is 13.8 Å². The minimum absolute atomic E-state index is 0.355. The van der Waals surface area contributed by atoms with Crippen LogP contribution in [0, 0.1) is 11.8 Å². The number of hydrogen-bond donors (Lipinski definition) is 2. The van der Waals surface area contributed by atoms with Crippen LogP contribution in [0.2, 0.25) is 0 Å². The minimum Gasteiger partial charge on any atom is -0.391 e. The summed E-state index contributed by atoms with van der Waals surface area (Å²) in [6.45, 7) is 8.12. The summed E-state index contributed by atoms with van der Waals surface area (Å²) < 4.78 is 5.10. The van der Waals surface area contributed by atoms with Crippen LogP contribution in [0.3, 0.4) is 0 Å². The summed E-state index contributed by atoms with van der Waals surface area (Å²) in [5, 5.41) is 6.64. The zero-order valence-electron chi connectivity index (χ0n) is 16.3. The Morgan fingerprint density at radius 3 is 1.36 bits per heavy atom. The van der Waals surface area contributed by atoms with Crippen LogP contribution in [0.15, 0.2) is 0 Å². The lowest BCUT2D eigenvalue weighted by Crippen LogP contribution is -2.47. The van der Waals surface area contributed by atoms with E-state index >= 15 is 0 Å². The third-order valence-electron chi connectivity index (χ3n) is 5.91. The maximum atomic E-state index is 12.2. The highest BCUT2D eigenvalue weighted by Gasteiger charge is 2.27. The Balaban J connectivity index is 1.70. The van der Waals surface area contributed by atoms with Crippen molar-refractivity contribution < 1.29 is 14.3 Å². The van der Waals surface area contributed by atoms with Gasteiger partial charge in [-0.15, -0.1) is 0 Å². The van der Waals surface area contributed by atoms with Crippen LogP contribution in [0.4, 0.5) is 0 Å². The van der Waals surface area contributed by atoms with Crippen molar-refractivity contribution in [1.29, 1.82) is 0 Å². The van der Waals surface area contributed by atoms with Crippen LogP contribution in [0.5, 0.6) is 0 Å². The molecule has 0 bridgehead atoms. The molecule has 2 N–H and O–H groups in total. The SMILES string of the molecule is CC1CCC(NC(C)C(=O)OC(=O)C(C)NC2CCC(C)CC2)CC1. The number of nitrogens with one attached hydrogen (secondary N) is 2. The van der Waals surface area contributed by atoms with Crippen LogP contribution in [0.1, 0.15) is 79.1 Å². The maximum Gasteiger partial charge on any atom is 0.330 e. The molecule has 0 amide bonds. The van der Waals surface area contributed by atoms with Gasteiger partial charge in [-0.1, -0.05) is 13.8 Å². The fourth-order valence-corrected chi connectivity index (χ4v) is 3.97. The maximum absolute atomic E-state index is 12.2. The number of carbonyl (C=O) groups excluding carboxylic acids is 2. The van der Waals surface area contributed by atoms with E-state index in [0.29, 0.717) is 12.1 Å². The van der Waals surface area contributed by atoms with Crippen LogP contribution in [-0.4, -0.2) is 36.1 Å². The van der Waals surface area contributed by atoms with Gasteiger partial charge >= 0.3 is 11.9 Å². The summed E-state index contributed by atoms with van der Waals surface area (Å²) in [6, 6.07) is -0.169. The molecule has 2 aliphatic carbocycles. The topological polar surface area (TPSA) is 67.4 Å². The van der Waals surface area contributed by atoms with Crippen molar-refractivity contribution in [3.05, 3.63) is 0 Å². The van der Waals surface area contributed by atoms with Crippen molar-refractivity contribution in [3.63, 3.8) is 0 Å².